The van der Waals surface area contributed by atoms with Gasteiger partial charge >= 0.3 is 0 Å². The zero-order valence-corrected chi connectivity index (χ0v) is 12.3. The molecule has 2 rings (SSSR count). The van der Waals surface area contributed by atoms with Gasteiger partial charge in [0.05, 0.1) is 11.9 Å². The molecule has 0 atom stereocenters. The van der Waals surface area contributed by atoms with E-state index in [0.29, 0.717) is 13.0 Å². The van der Waals surface area contributed by atoms with E-state index in [2.05, 4.69) is 5.10 Å². The van der Waals surface area contributed by atoms with E-state index in [1.807, 2.05) is 0 Å². The lowest BCUT2D eigenvalue weighted by Crippen LogP contribution is -2.27. The number of nitrogens with zero attached hydrogens (tertiary/aromatic N) is 3. The van der Waals surface area contributed by atoms with Crippen molar-refractivity contribution >= 4 is 15.7 Å². The molecular formula is C13H16FN3O3S. The summed E-state index contributed by atoms with van der Waals surface area (Å²) >= 11 is 0. The van der Waals surface area contributed by atoms with Crippen LogP contribution in [-0.4, -0.2) is 37.0 Å². The molecule has 0 spiro atoms. The van der Waals surface area contributed by atoms with Gasteiger partial charge in [-0.1, -0.05) is 12.1 Å². The predicted octanol–water partition coefficient (Wildman–Crippen LogP) is 1.23. The summed E-state index contributed by atoms with van der Waals surface area (Å²) in [6.45, 7) is 0.409. The van der Waals surface area contributed by atoms with Crippen LogP contribution in [0.3, 0.4) is 0 Å². The number of rotatable bonds is 6. The summed E-state index contributed by atoms with van der Waals surface area (Å²) in [7, 11) is -2.58. The Bertz CT molecular complexity index is 715. The molecule has 1 heterocycles. The number of benzene rings is 1. The summed E-state index contributed by atoms with van der Waals surface area (Å²) in [5, 5.41) is 12.7. The van der Waals surface area contributed by atoms with Crippen molar-refractivity contribution < 1.29 is 17.9 Å². The predicted molar refractivity (Wildman–Crippen MR) is 75.9 cm³/mol. The van der Waals surface area contributed by atoms with Gasteiger partial charge in [-0.3, -0.25) is 8.99 Å². The maximum atomic E-state index is 13.7. The molecule has 0 fully saturated rings. The van der Waals surface area contributed by atoms with Gasteiger partial charge in [-0.05, 0) is 18.6 Å². The molecule has 8 heteroatoms. The lowest BCUT2D eigenvalue weighted by atomic mass is 10.3. The second-order valence-corrected chi connectivity index (χ2v) is 6.41. The second-order valence-electron chi connectivity index (χ2n) is 4.44. The fraction of sp³-hybridized carbons (Fsp3) is 0.308. The minimum absolute atomic E-state index is 0.00290. The largest absolute Gasteiger partial charge is 0.396 e. The highest BCUT2D eigenvalue weighted by atomic mass is 32.2. The third-order valence-electron chi connectivity index (χ3n) is 3.00. The van der Waals surface area contributed by atoms with E-state index in [0.717, 1.165) is 4.31 Å². The Morgan fingerprint density at radius 2 is 2.10 bits per heavy atom. The van der Waals surface area contributed by atoms with Gasteiger partial charge in [0.15, 0.2) is 0 Å². The lowest BCUT2D eigenvalue weighted by Gasteiger charge is -2.18. The van der Waals surface area contributed by atoms with Crippen LogP contribution in [0, 0.1) is 5.82 Å². The average molecular weight is 313 g/mol. The van der Waals surface area contributed by atoms with Crippen molar-refractivity contribution in [2.24, 2.45) is 0 Å². The van der Waals surface area contributed by atoms with Gasteiger partial charge in [0.25, 0.3) is 10.0 Å². The molecule has 0 bridgehead atoms. The molecule has 0 radical (unpaired) electrons. The number of aliphatic hydroxyl groups is 1. The quantitative estimate of drug-likeness (QED) is 0.870. The second kappa shape index (κ2) is 6.23. The van der Waals surface area contributed by atoms with Crippen LogP contribution in [0.15, 0.2) is 41.6 Å². The van der Waals surface area contributed by atoms with E-state index in [1.54, 1.807) is 6.07 Å². The van der Waals surface area contributed by atoms with Crippen LogP contribution in [0.2, 0.25) is 0 Å². The summed E-state index contributed by atoms with van der Waals surface area (Å²) in [6.07, 6.45) is 3.05. The van der Waals surface area contributed by atoms with Crippen LogP contribution in [0.4, 0.5) is 10.1 Å². The Morgan fingerprint density at radius 1 is 1.38 bits per heavy atom. The number of halogens is 1. The number of aliphatic hydroxyl groups excluding tert-OH is 1. The van der Waals surface area contributed by atoms with Gasteiger partial charge in [-0.2, -0.15) is 5.10 Å². The SMILES string of the molecule is CN(c1ccccc1F)S(=O)(=O)c1cnn(CCCO)c1. The molecule has 1 N–H and O–H groups in total. The van der Waals surface area contributed by atoms with E-state index in [9.17, 15) is 12.8 Å². The fourth-order valence-electron chi connectivity index (χ4n) is 1.83. The van der Waals surface area contributed by atoms with Crippen molar-refractivity contribution in [3.8, 4) is 0 Å². The van der Waals surface area contributed by atoms with Crippen molar-refractivity contribution in [2.75, 3.05) is 18.0 Å². The number of anilines is 1. The molecule has 0 saturated heterocycles. The van der Waals surface area contributed by atoms with Crippen LogP contribution in [0.25, 0.3) is 0 Å². The summed E-state index contributed by atoms with van der Waals surface area (Å²) in [5.74, 6) is -0.615. The van der Waals surface area contributed by atoms with Crippen molar-refractivity contribution in [3.63, 3.8) is 0 Å². The number of hydrogen-bond acceptors (Lipinski definition) is 4. The van der Waals surface area contributed by atoms with Crippen molar-refractivity contribution in [1.82, 2.24) is 9.78 Å². The highest BCUT2D eigenvalue weighted by Gasteiger charge is 2.24. The highest BCUT2D eigenvalue weighted by Crippen LogP contribution is 2.24. The van der Waals surface area contributed by atoms with Crippen LogP contribution >= 0.6 is 0 Å². The Labute approximate surface area is 122 Å². The zero-order chi connectivity index (χ0) is 15.5. The molecule has 0 aliphatic rings. The van der Waals surface area contributed by atoms with Crippen molar-refractivity contribution in [1.29, 1.82) is 0 Å². The Hall–Kier alpha value is -1.93. The first-order chi connectivity index (χ1) is 9.96. The lowest BCUT2D eigenvalue weighted by molar-refractivity contribution is 0.277. The van der Waals surface area contributed by atoms with Gasteiger partial charge in [0, 0.05) is 26.4 Å². The first-order valence-corrected chi connectivity index (χ1v) is 7.77. The summed E-state index contributed by atoms with van der Waals surface area (Å²) in [5.41, 5.74) is -0.0272. The van der Waals surface area contributed by atoms with Gasteiger partial charge in [0.2, 0.25) is 0 Å². The Balaban J connectivity index is 2.29. The fourth-order valence-corrected chi connectivity index (χ4v) is 2.99. The van der Waals surface area contributed by atoms with E-state index in [-0.39, 0.29) is 17.2 Å². The molecule has 0 unspecified atom stereocenters. The smallest absolute Gasteiger partial charge is 0.267 e. The molecule has 1 aromatic heterocycles. The summed E-state index contributed by atoms with van der Waals surface area (Å²) < 4.78 is 40.9. The normalized spacial score (nSPS) is 11.6. The minimum atomic E-state index is -3.87. The molecule has 0 aliphatic heterocycles. The summed E-state index contributed by atoms with van der Waals surface area (Å²) in [6, 6.07) is 5.65. The Morgan fingerprint density at radius 3 is 2.76 bits per heavy atom. The maximum Gasteiger partial charge on any atom is 0.267 e. The van der Waals surface area contributed by atoms with Crippen LogP contribution in [0.1, 0.15) is 6.42 Å². The van der Waals surface area contributed by atoms with E-state index in [4.69, 9.17) is 5.11 Å². The third-order valence-corrected chi connectivity index (χ3v) is 4.73. The highest BCUT2D eigenvalue weighted by molar-refractivity contribution is 7.92. The van der Waals surface area contributed by atoms with Gasteiger partial charge < -0.3 is 5.11 Å². The first-order valence-electron chi connectivity index (χ1n) is 6.33. The van der Waals surface area contributed by atoms with E-state index < -0.39 is 15.8 Å². The minimum Gasteiger partial charge on any atom is -0.396 e. The molecule has 114 valence electrons. The van der Waals surface area contributed by atoms with Crippen LogP contribution < -0.4 is 4.31 Å². The molecule has 21 heavy (non-hydrogen) atoms. The molecule has 6 nitrogen and oxygen atoms in total. The van der Waals surface area contributed by atoms with Crippen molar-refractivity contribution in [3.05, 3.63) is 42.5 Å². The molecule has 0 amide bonds. The first kappa shape index (κ1) is 15.5. The number of aromatic nitrogens is 2. The number of hydrogen-bond donors (Lipinski definition) is 1. The van der Waals surface area contributed by atoms with E-state index in [1.165, 1.54) is 42.3 Å². The topological polar surface area (TPSA) is 75.4 Å². The number of sulfonamides is 1. The van der Waals surface area contributed by atoms with Gasteiger partial charge in [-0.25, -0.2) is 12.8 Å². The zero-order valence-electron chi connectivity index (χ0n) is 11.5. The number of aryl methyl sites for hydroxylation is 1. The molecule has 0 saturated carbocycles. The standard InChI is InChI=1S/C13H16FN3O3S/c1-16(13-6-3-2-5-12(13)14)21(19,20)11-9-15-17(10-11)7-4-8-18/h2-3,5-6,9-10,18H,4,7-8H2,1H3. The average Bonchev–Trinajstić information content (AvgIpc) is 2.94. The maximum absolute atomic E-state index is 13.7. The third kappa shape index (κ3) is 3.22. The number of para-hydroxylation sites is 1. The summed E-state index contributed by atoms with van der Waals surface area (Å²) in [4.78, 5) is -0.0220. The van der Waals surface area contributed by atoms with Crippen LogP contribution in [0.5, 0.6) is 0 Å². The Kier molecular flexibility index (Phi) is 4.59. The van der Waals surface area contributed by atoms with Crippen molar-refractivity contribution in [2.45, 2.75) is 17.9 Å². The monoisotopic (exact) mass is 313 g/mol. The van der Waals surface area contributed by atoms with Crippen LogP contribution in [-0.2, 0) is 16.6 Å². The van der Waals surface area contributed by atoms with E-state index >= 15 is 0 Å². The molecular weight excluding hydrogens is 297 g/mol. The molecule has 2 aromatic rings. The molecule has 1 aromatic carbocycles. The molecule has 0 aliphatic carbocycles. The van der Waals surface area contributed by atoms with Gasteiger partial charge in [0.1, 0.15) is 10.7 Å². The van der Waals surface area contributed by atoms with Gasteiger partial charge in [-0.15, -0.1) is 0 Å².